The zero-order chi connectivity index (χ0) is 9.30. The molecule has 0 aliphatic heterocycles. The predicted octanol–water partition coefficient (Wildman–Crippen LogP) is 2.16. The van der Waals surface area contributed by atoms with E-state index < -0.39 is 0 Å². The molecule has 2 heteroatoms. The van der Waals surface area contributed by atoms with Gasteiger partial charge in [0.2, 0.25) is 0 Å². The molecule has 65 valence electrons. The largest absolute Gasteiger partial charge is 0.398 e. The number of hydrogen-bond acceptors (Lipinski definition) is 2. The van der Waals surface area contributed by atoms with Gasteiger partial charge in [-0.25, -0.2) is 0 Å². The number of rotatable bonds is 1. The Kier molecular flexibility index (Phi) is 2.27. The van der Waals surface area contributed by atoms with Crippen LogP contribution in [-0.2, 0) is 0 Å². The zero-order valence-corrected chi connectivity index (χ0v) is 7.59. The Hall–Kier alpha value is -1.18. The molecule has 1 aromatic carbocycles. The lowest BCUT2D eigenvalue weighted by molar-refractivity contribution is 0.869. The molecule has 0 aliphatic rings. The van der Waals surface area contributed by atoms with Gasteiger partial charge in [-0.3, -0.25) is 0 Å². The summed E-state index contributed by atoms with van der Waals surface area (Å²) in [6.45, 7) is 8.02. The minimum Gasteiger partial charge on any atom is -0.398 e. The van der Waals surface area contributed by atoms with Crippen molar-refractivity contribution in [2.24, 2.45) is 0 Å². The number of nitrogen functional groups attached to an aromatic ring is 2. The molecule has 1 rings (SSSR count). The van der Waals surface area contributed by atoms with Crippen LogP contribution in [0, 0.1) is 6.92 Å². The zero-order valence-electron chi connectivity index (χ0n) is 7.59. The highest BCUT2D eigenvalue weighted by molar-refractivity contribution is 5.62. The molecule has 2 nitrogen and oxygen atoms in total. The summed E-state index contributed by atoms with van der Waals surface area (Å²) in [5.41, 5.74) is 14.8. The van der Waals surface area contributed by atoms with E-state index in [4.69, 9.17) is 11.5 Å². The average Bonchev–Trinajstić information content (AvgIpc) is 1.96. The molecule has 0 spiro atoms. The van der Waals surface area contributed by atoms with E-state index in [0.717, 1.165) is 16.8 Å². The Bertz CT molecular complexity index is 290. The highest BCUT2D eigenvalue weighted by Crippen LogP contribution is 2.26. The van der Waals surface area contributed by atoms with Gasteiger partial charge in [0.15, 0.2) is 0 Å². The van der Waals surface area contributed by atoms with Gasteiger partial charge in [-0.15, -0.1) is 0 Å². The predicted molar refractivity (Wildman–Crippen MR) is 53.8 cm³/mol. The van der Waals surface area contributed by atoms with Crippen molar-refractivity contribution < 1.29 is 0 Å². The van der Waals surface area contributed by atoms with E-state index in [0.29, 0.717) is 11.6 Å². The Balaban J connectivity index is 3.23. The minimum absolute atomic E-state index is 0.422. The van der Waals surface area contributed by atoms with Crippen LogP contribution in [-0.4, -0.2) is 0 Å². The number of nitrogens with two attached hydrogens (primary N) is 2. The summed E-state index contributed by atoms with van der Waals surface area (Å²) in [5.74, 6) is 0.422. The van der Waals surface area contributed by atoms with Gasteiger partial charge in [-0.1, -0.05) is 19.9 Å². The van der Waals surface area contributed by atoms with Crippen molar-refractivity contribution in [3.63, 3.8) is 0 Å². The van der Waals surface area contributed by atoms with Crippen LogP contribution in [0.25, 0.3) is 0 Å². The van der Waals surface area contributed by atoms with Gasteiger partial charge in [0.1, 0.15) is 0 Å². The summed E-state index contributed by atoms with van der Waals surface area (Å²) < 4.78 is 0. The number of benzene rings is 1. The maximum atomic E-state index is 5.78. The summed E-state index contributed by atoms with van der Waals surface area (Å²) in [5, 5.41) is 0. The van der Waals surface area contributed by atoms with Crippen LogP contribution < -0.4 is 11.5 Å². The van der Waals surface area contributed by atoms with Crippen molar-refractivity contribution in [1.82, 2.24) is 0 Å². The van der Waals surface area contributed by atoms with Crippen molar-refractivity contribution in [3.8, 4) is 0 Å². The molecule has 12 heavy (non-hydrogen) atoms. The Morgan fingerprint density at radius 2 is 1.75 bits per heavy atom. The van der Waals surface area contributed by atoms with Gasteiger partial charge < -0.3 is 11.5 Å². The molecule has 1 aromatic rings. The Morgan fingerprint density at radius 3 is 2.25 bits per heavy atom. The third-order valence-corrected chi connectivity index (χ3v) is 1.97. The first-order valence-electron chi connectivity index (χ1n) is 4.03. The van der Waals surface area contributed by atoms with E-state index in [1.54, 1.807) is 6.07 Å². The molecular formula is C10H15N2. The summed E-state index contributed by atoms with van der Waals surface area (Å²) in [6, 6.07) is 3.73. The monoisotopic (exact) mass is 163 g/mol. The maximum absolute atomic E-state index is 5.78. The summed E-state index contributed by atoms with van der Waals surface area (Å²) in [7, 11) is 0. The minimum atomic E-state index is 0.422. The van der Waals surface area contributed by atoms with E-state index in [1.807, 2.05) is 6.07 Å². The molecule has 0 atom stereocenters. The normalized spacial score (nSPS) is 10.7. The molecule has 1 radical (unpaired) electrons. The highest BCUT2D eigenvalue weighted by atomic mass is 14.6. The fraction of sp³-hybridized carbons (Fsp3) is 0.300. The summed E-state index contributed by atoms with van der Waals surface area (Å²) in [6.07, 6.45) is 0. The second kappa shape index (κ2) is 3.05. The van der Waals surface area contributed by atoms with Gasteiger partial charge in [0, 0.05) is 11.4 Å². The van der Waals surface area contributed by atoms with Gasteiger partial charge in [-0.2, -0.15) is 0 Å². The second-order valence-electron chi connectivity index (χ2n) is 3.33. The van der Waals surface area contributed by atoms with E-state index in [1.165, 1.54) is 0 Å². The van der Waals surface area contributed by atoms with E-state index >= 15 is 0 Å². The van der Waals surface area contributed by atoms with Gasteiger partial charge in [-0.05, 0) is 30.0 Å². The van der Waals surface area contributed by atoms with Crippen LogP contribution >= 0.6 is 0 Å². The highest BCUT2D eigenvalue weighted by Gasteiger charge is 2.05. The molecule has 0 aromatic heterocycles. The molecule has 0 saturated heterocycles. The molecule has 0 saturated carbocycles. The molecule has 0 aliphatic carbocycles. The lowest BCUT2D eigenvalue weighted by atomic mass is 9.98. The van der Waals surface area contributed by atoms with Gasteiger partial charge in [0.05, 0.1) is 0 Å². The fourth-order valence-corrected chi connectivity index (χ4v) is 1.20. The molecule has 4 N–H and O–H groups in total. The quantitative estimate of drug-likeness (QED) is 0.623. The van der Waals surface area contributed by atoms with Crippen LogP contribution in [0.3, 0.4) is 0 Å². The van der Waals surface area contributed by atoms with Crippen molar-refractivity contribution in [2.75, 3.05) is 11.5 Å². The number of anilines is 2. The van der Waals surface area contributed by atoms with E-state index in [-0.39, 0.29) is 0 Å². The van der Waals surface area contributed by atoms with Crippen LogP contribution in [0.5, 0.6) is 0 Å². The standard InChI is InChI=1S/C10H15N2/c1-6(2)8-4-7(3)9(11)5-10(8)12/h4-6H,3,11-12H2,1-2H3. The van der Waals surface area contributed by atoms with E-state index in [9.17, 15) is 0 Å². The number of hydrogen-bond donors (Lipinski definition) is 2. The van der Waals surface area contributed by atoms with Gasteiger partial charge >= 0.3 is 0 Å². The maximum Gasteiger partial charge on any atom is 0.0370 e. The Labute approximate surface area is 73.6 Å². The van der Waals surface area contributed by atoms with Crippen LogP contribution in [0.4, 0.5) is 11.4 Å². The topological polar surface area (TPSA) is 52.0 Å². The first-order valence-corrected chi connectivity index (χ1v) is 4.03. The SMILES string of the molecule is [CH2]c1cc(C(C)C)c(N)cc1N. The van der Waals surface area contributed by atoms with Gasteiger partial charge in [0.25, 0.3) is 0 Å². The first-order chi connectivity index (χ1) is 5.52. The first kappa shape index (κ1) is 8.91. The smallest absolute Gasteiger partial charge is 0.0370 e. The lowest BCUT2D eigenvalue weighted by Gasteiger charge is -2.11. The van der Waals surface area contributed by atoms with Crippen molar-refractivity contribution in [2.45, 2.75) is 19.8 Å². The summed E-state index contributed by atoms with van der Waals surface area (Å²) >= 11 is 0. The van der Waals surface area contributed by atoms with Crippen LogP contribution in [0.2, 0.25) is 0 Å². The third kappa shape index (κ3) is 1.52. The lowest BCUT2D eigenvalue weighted by Crippen LogP contribution is -2.00. The Morgan fingerprint density at radius 1 is 1.17 bits per heavy atom. The molecule has 0 bridgehead atoms. The van der Waals surface area contributed by atoms with Crippen LogP contribution in [0.15, 0.2) is 12.1 Å². The average molecular weight is 163 g/mol. The molecule has 0 unspecified atom stereocenters. The molecular weight excluding hydrogens is 148 g/mol. The molecule has 0 amide bonds. The molecule has 0 fully saturated rings. The van der Waals surface area contributed by atoms with E-state index in [2.05, 4.69) is 20.8 Å². The fourth-order valence-electron chi connectivity index (χ4n) is 1.20. The van der Waals surface area contributed by atoms with Crippen molar-refractivity contribution in [1.29, 1.82) is 0 Å². The van der Waals surface area contributed by atoms with Crippen molar-refractivity contribution in [3.05, 3.63) is 30.2 Å². The third-order valence-electron chi connectivity index (χ3n) is 1.97. The second-order valence-corrected chi connectivity index (χ2v) is 3.33. The van der Waals surface area contributed by atoms with Crippen LogP contribution in [0.1, 0.15) is 30.9 Å². The van der Waals surface area contributed by atoms with Crippen molar-refractivity contribution >= 4 is 11.4 Å². The molecule has 0 heterocycles. The summed E-state index contributed by atoms with van der Waals surface area (Å²) in [4.78, 5) is 0.